The van der Waals surface area contributed by atoms with Crippen LogP contribution in [0.4, 0.5) is 5.82 Å². The van der Waals surface area contributed by atoms with E-state index in [9.17, 15) is 0 Å². The Bertz CT molecular complexity index is 476. The smallest absolute Gasteiger partial charge is 0.144 e. The number of thioether (sulfide) groups is 1. The normalized spacial score (nSPS) is 10.5. The van der Waals surface area contributed by atoms with Gasteiger partial charge in [0.15, 0.2) is 0 Å². The lowest BCUT2D eigenvalue weighted by Gasteiger charge is -2.07. The maximum absolute atomic E-state index is 5.28. The number of furan rings is 1. The first-order valence-electron chi connectivity index (χ1n) is 5.20. The van der Waals surface area contributed by atoms with Crippen LogP contribution in [0.5, 0.6) is 0 Å². The van der Waals surface area contributed by atoms with Gasteiger partial charge in [-0.25, -0.2) is 9.97 Å². The molecule has 1 N–H and O–H groups in total. The molecule has 17 heavy (non-hydrogen) atoms. The molecular formula is C11H12BrN3OS. The molecule has 2 aromatic heterocycles. The highest BCUT2D eigenvalue weighted by atomic mass is 79.9. The fraction of sp³-hybridized carbons (Fsp3) is 0.273. The zero-order chi connectivity index (χ0) is 12.1. The van der Waals surface area contributed by atoms with E-state index in [1.54, 1.807) is 24.4 Å². The van der Waals surface area contributed by atoms with E-state index in [1.165, 1.54) is 0 Å². The van der Waals surface area contributed by atoms with Crippen LogP contribution in [0.25, 0.3) is 0 Å². The molecule has 2 heterocycles. The van der Waals surface area contributed by atoms with E-state index in [0.29, 0.717) is 0 Å². The van der Waals surface area contributed by atoms with Crippen LogP contribution in [0.1, 0.15) is 12.7 Å². The molecule has 0 aliphatic heterocycles. The van der Waals surface area contributed by atoms with Crippen LogP contribution in [-0.2, 0) is 5.75 Å². The van der Waals surface area contributed by atoms with Crippen LogP contribution < -0.4 is 5.32 Å². The van der Waals surface area contributed by atoms with E-state index in [2.05, 4.69) is 31.2 Å². The first-order valence-corrected chi connectivity index (χ1v) is 6.98. The van der Waals surface area contributed by atoms with E-state index >= 15 is 0 Å². The van der Waals surface area contributed by atoms with E-state index in [4.69, 9.17) is 4.42 Å². The Kier molecular flexibility index (Phi) is 4.44. The first kappa shape index (κ1) is 12.4. The Hall–Kier alpha value is -1.01. The highest BCUT2D eigenvalue weighted by molar-refractivity contribution is 9.10. The summed E-state index contributed by atoms with van der Waals surface area (Å²) in [6.07, 6.45) is 3.24. The van der Waals surface area contributed by atoms with Crippen molar-refractivity contribution in [2.24, 2.45) is 0 Å². The average Bonchev–Trinajstić information content (AvgIpc) is 2.83. The predicted molar refractivity (Wildman–Crippen MR) is 72.2 cm³/mol. The number of nitrogens with zero attached hydrogens (tertiary/aromatic N) is 2. The molecule has 6 heteroatoms. The van der Waals surface area contributed by atoms with Gasteiger partial charge in [0, 0.05) is 6.54 Å². The van der Waals surface area contributed by atoms with Crippen molar-refractivity contribution in [1.29, 1.82) is 0 Å². The van der Waals surface area contributed by atoms with Crippen LogP contribution in [0, 0.1) is 0 Å². The number of aromatic nitrogens is 2. The minimum atomic E-state index is 0.758. The van der Waals surface area contributed by atoms with Gasteiger partial charge in [-0.05, 0) is 35.0 Å². The number of hydrogen-bond acceptors (Lipinski definition) is 5. The van der Waals surface area contributed by atoms with Gasteiger partial charge in [-0.2, -0.15) is 0 Å². The van der Waals surface area contributed by atoms with Gasteiger partial charge in [-0.3, -0.25) is 0 Å². The summed E-state index contributed by atoms with van der Waals surface area (Å²) >= 11 is 5.12. The Morgan fingerprint density at radius 1 is 1.47 bits per heavy atom. The van der Waals surface area contributed by atoms with Crippen LogP contribution in [0.15, 0.2) is 38.6 Å². The SMILES string of the molecule is CCNc1ncnc(SCc2ccco2)c1Br. The second-order valence-corrected chi connectivity index (χ2v) is 5.00. The van der Waals surface area contributed by atoms with Crippen molar-refractivity contribution in [2.45, 2.75) is 17.7 Å². The van der Waals surface area contributed by atoms with Gasteiger partial charge in [-0.1, -0.05) is 11.8 Å². The number of anilines is 1. The van der Waals surface area contributed by atoms with Crippen molar-refractivity contribution >= 4 is 33.5 Å². The fourth-order valence-electron chi connectivity index (χ4n) is 1.28. The molecule has 90 valence electrons. The Morgan fingerprint density at radius 2 is 2.35 bits per heavy atom. The number of rotatable bonds is 5. The first-order chi connectivity index (χ1) is 8.31. The molecule has 0 atom stereocenters. The monoisotopic (exact) mass is 313 g/mol. The second kappa shape index (κ2) is 6.07. The molecule has 0 spiro atoms. The molecule has 0 aromatic carbocycles. The minimum Gasteiger partial charge on any atom is -0.468 e. The molecule has 2 rings (SSSR count). The highest BCUT2D eigenvalue weighted by Crippen LogP contribution is 2.31. The van der Waals surface area contributed by atoms with Crippen molar-refractivity contribution < 1.29 is 4.42 Å². The molecule has 0 unspecified atom stereocenters. The van der Waals surface area contributed by atoms with E-state index in [1.807, 2.05) is 19.1 Å². The number of nitrogens with one attached hydrogen (secondary N) is 1. The molecule has 0 bridgehead atoms. The average molecular weight is 314 g/mol. The van der Waals surface area contributed by atoms with E-state index in [0.717, 1.165) is 33.4 Å². The largest absolute Gasteiger partial charge is 0.468 e. The van der Waals surface area contributed by atoms with Crippen molar-refractivity contribution in [1.82, 2.24) is 9.97 Å². The van der Waals surface area contributed by atoms with Crippen molar-refractivity contribution in [3.8, 4) is 0 Å². The summed E-state index contributed by atoms with van der Waals surface area (Å²) in [5, 5.41) is 4.08. The molecule has 0 saturated carbocycles. The summed E-state index contributed by atoms with van der Waals surface area (Å²) in [7, 11) is 0. The van der Waals surface area contributed by atoms with Gasteiger partial charge in [0.2, 0.25) is 0 Å². The van der Waals surface area contributed by atoms with Gasteiger partial charge in [0.1, 0.15) is 22.9 Å². The van der Waals surface area contributed by atoms with Gasteiger partial charge in [0.05, 0.1) is 16.5 Å². The van der Waals surface area contributed by atoms with Gasteiger partial charge in [-0.15, -0.1) is 0 Å². The summed E-state index contributed by atoms with van der Waals surface area (Å²) in [6, 6.07) is 3.84. The fourth-order valence-corrected chi connectivity index (χ4v) is 2.76. The Balaban J connectivity index is 2.07. The summed E-state index contributed by atoms with van der Waals surface area (Å²) in [5.74, 6) is 2.52. The molecule has 0 fully saturated rings. The van der Waals surface area contributed by atoms with Gasteiger partial charge in [0.25, 0.3) is 0 Å². The topological polar surface area (TPSA) is 51.0 Å². The highest BCUT2D eigenvalue weighted by Gasteiger charge is 2.09. The third-order valence-corrected chi connectivity index (χ3v) is 4.06. The summed E-state index contributed by atoms with van der Waals surface area (Å²) in [4.78, 5) is 8.41. The molecule has 2 aromatic rings. The molecule has 0 saturated heterocycles. The maximum Gasteiger partial charge on any atom is 0.144 e. The Morgan fingerprint density at radius 3 is 3.06 bits per heavy atom. The number of halogens is 1. The lowest BCUT2D eigenvalue weighted by molar-refractivity contribution is 0.530. The van der Waals surface area contributed by atoms with Crippen molar-refractivity contribution in [2.75, 3.05) is 11.9 Å². The van der Waals surface area contributed by atoms with Gasteiger partial charge >= 0.3 is 0 Å². The number of hydrogen-bond donors (Lipinski definition) is 1. The predicted octanol–water partition coefficient (Wildman–Crippen LogP) is 3.56. The van der Waals surface area contributed by atoms with Crippen LogP contribution >= 0.6 is 27.7 Å². The molecular weight excluding hydrogens is 302 g/mol. The molecule has 0 aliphatic rings. The molecule has 0 amide bonds. The molecule has 0 aliphatic carbocycles. The lowest BCUT2D eigenvalue weighted by Crippen LogP contribution is -2.01. The standard InChI is InChI=1S/C11H12BrN3OS/c1-2-13-10-9(12)11(15-7-14-10)17-6-8-4-3-5-16-8/h3-5,7H,2,6H2,1H3,(H,13,14,15). The third-order valence-electron chi connectivity index (χ3n) is 2.03. The minimum absolute atomic E-state index is 0.758. The van der Waals surface area contributed by atoms with Crippen molar-refractivity contribution in [3.63, 3.8) is 0 Å². The second-order valence-electron chi connectivity index (χ2n) is 3.24. The lowest BCUT2D eigenvalue weighted by atomic mass is 10.5. The van der Waals surface area contributed by atoms with Crippen LogP contribution in [0.3, 0.4) is 0 Å². The molecule has 4 nitrogen and oxygen atoms in total. The van der Waals surface area contributed by atoms with E-state index < -0.39 is 0 Å². The Labute approximate surface area is 112 Å². The van der Waals surface area contributed by atoms with Crippen LogP contribution in [0.2, 0.25) is 0 Å². The van der Waals surface area contributed by atoms with Gasteiger partial charge < -0.3 is 9.73 Å². The molecule has 0 radical (unpaired) electrons. The maximum atomic E-state index is 5.28. The summed E-state index contributed by atoms with van der Waals surface area (Å²) in [5.41, 5.74) is 0. The zero-order valence-corrected chi connectivity index (χ0v) is 11.7. The summed E-state index contributed by atoms with van der Waals surface area (Å²) in [6.45, 7) is 2.86. The van der Waals surface area contributed by atoms with Crippen molar-refractivity contribution in [3.05, 3.63) is 35.0 Å². The zero-order valence-electron chi connectivity index (χ0n) is 9.31. The van der Waals surface area contributed by atoms with Crippen LogP contribution in [-0.4, -0.2) is 16.5 Å². The third kappa shape index (κ3) is 3.23. The quantitative estimate of drug-likeness (QED) is 0.675. The summed E-state index contributed by atoms with van der Waals surface area (Å²) < 4.78 is 6.18. The van der Waals surface area contributed by atoms with E-state index in [-0.39, 0.29) is 0 Å².